The van der Waals surface area contributed by atoms with Crippen LogP contribution in [0, 0.1) is 0 Å². The Bertz CT molecular complexity index is 880. The topological polar surface area (TPSA) is 62.7 Å². The SMILES string of the molecule is COc1ccccc1CN(Cc1ccc(C(=O)O)cc1)Cc1cccnc1. The van der Waals surface area contributed by atoms with E-state index in [2.05, 4.69) is 22.0 Å². The van der Waals surface area contributed by atoms with E-state index in [-0.39, 0.29) is 0 Å². The number of ether oxygens (including phenoxy) is 1. The quantitative estimate of drug-likeness (QED) is 0.656. The number of methoxy groups -OCH3 is 1. The van der Waals surface area contributed by atoms with Crippen molar-refractivity contribution in [3.63, 3.8) is 0 Å². The number of carbonyl (C=O) groups is 1. The largest absolute Gasteiger partial charge is 0.496 e. The number of rotatable bonds is 8. The second-order valence-electron chi connectivity index (χ2n) is 6.32. The van der Waals surface area contributed by atoms with Crippen molar-refractivity contribution < 1.29 is 14.6 Å². The zero-order chi connectivity index (χ0) is 19.1. The number of nitrogens with zero attached hydrogens (tertiary/aromatic N) is 2. The van der Waals surface area contributed by atoms with Crippen molar-refractivity contribution in [2.45, 2.75) is 19.6 Å². The molecule has 2 aromatic carbocycles. The van der Waals surface area contributed by atoms with Crippen LogP contribution < -0.4 is 4.74 Å². The van der Waals surface area contributed by atoms with E-state index in [1.54, 1.807) is 25.4 Å². The highest BCUT2D eigenvalue weighted by Gasteiger charge is 2.12. The Kier molecular flexibility index (Phi) is 6.18. The van der Waals surface area contributed by atoms with Gasteiger partial charge in [0, 0.05) is 37.6 Å². The lowest BCUT2D eigenvalue weighted by molar-refractivity contribution is 0.0697. The van der Waals surface area contributed by atoms with Gasteiger partial charge in [-0.15, -0.1) is 0 Å². The lowest BCUT2D eigenvalue weighted by Crippen LogP contribution is -2.23. The van der Waals surface area contributed by atoms with Gasteiger partial charge in [0.25, 0.3) is 0 Å². The molecule has 0 bridgehead atoms. The summed E-state index contributed by atoms with van der Waals surface area (Å²) in [7, 11) is 1.68. The van der Waals surface area contributed by atoms with Crippen molar-refractivity contribution in [1.82, 2.24) is 9.88 Å². The van der Waals surface area contributed by atoms with Gasteiger partial charge < -0.3 is 9.84 Å². The van der Waals surface area contributed by atoms with E-state index >= 15 is 0 Å². The van der Waals surface area contributed by atoms with E-state index < -0.39 is 5.97 Å². The maximum Gasteiger partial charge on any atom is 0.335 e. The number of carboxylic acids is 1. The fourth-order valence-corrected chi connectivity index (χ4v) is 3.00. The van der Waals surface area contributed by atoms with Crippen molar-refractivity contribution in [2.75, 3.05) is 7.11 Å². The molecule has 0 fully saturated rings. The molecule has 5 heteroatoms. The number of aromatic nitrogens is 1. The summed E-state index contributed by atoms with van der Waals surface area (Å²) in [5.74, 6) is -0.0577. The van der Waals surface area contributed by atoms with E-state index in [4.69, 9.17) is 9.84 Å². The number of aromatic carboxylic acids is 1. The van der Waals surface area contributed by atoms with Crippen molar-refractivity contribution in [3.05, 3.63) is 95.3 Å². The third-order valence-corrected chi connectivity index (χ3v) is 4.32. The fraction of sp³-hybridized carbons (Fsp3) is 0.182. The molecule has 0 saturated heterocycles. The average molecular weight is 362 g/mol. The predicted octanol–water partition coefficient (Wildman–Crippen LogP) is 3.99. The van der Waals surface area contributed by atoms with Crippen LogP contribution in [-0.4, -0.2) is 28.1 Å². The molecule has 138 valence electrons. The monoisotopic (exact) mass is 362 g/mol. The lowest BCUT2D eigenvalue weighted by atomic mass is 10.1. The summed E-state index contributed by atoms with van der Waals surface area (Å²) in [5.41, 5.74) is 3.57. The number of para-hydroxylation sites is 1. The Morgan fingerprint density at radius 2 is 1.70 bits per heavy atom. The number of hydrogen-bond donors (Lipinski definition) is 1. The Morgan fingerprint density at radius 1 is 0.963 bits per heavy atom. The van der Waals surface area contributed by atoms with E-state index in [0.717, 1.165) is 29.0 Å². The highest BCUT2D eigenvalue weighted by molar-refractivity contribution is 5.87. The number of hydrogen-bond acceptors (Lipinski definition) is 4. The Hall–Kier alpha value is -3.18. The molecule has 0 aliphatic rings. The minimum absolute atomic E-state index is 0.294. The maximum atomic E-state index is 11.1. The molecule has 3 aromatic rings. The van der Waals surface area contributed by atoms with Crippen molar-refractivity contribution >= 4 is 5.97 Å². The van der Waals surface area contributed by atoms with Crippen LogP contribution in [0.5, 0.6) is 5.75 Å². The molecule has 0 aliphatic carbocycles. The predicted molar refractivity (Wildman–Crippen MR) is 104 cm³/mol. The third kappa shape index (κ3) is 5.15. The minimum Gasteiger partial charge on any atom is -0.496 e. The van der Waals surface area contributed by atoms with Crippen molar-refractivity contribution in [1.29, 1.82) is 0 Å². The van der Waals surface area contributed by atoms with Gasteiger partial charge in [-0.05, 0) is 35.4 Å². The minimum atomic E-state index is -0.914. The molecular weight excluding hydrogens is 340 g/mol. The van der Waals surface area contributed by atoms with Gasteiger partial charge in [0.05, 0.1) is 12.7 Å². The van der Waals surface area contributed by atoms with Gasteiger partial charge in [-0.3, -0.25) is 9.88 Å². The fourth-order valence-electron chi connectivity index (χ4n) is 3.00. The van der Waals surface area contributed by atoms with Gasteiger partial charge in [0.2, 0.25) is 0 Å². The molecule has 1 aromatic heterocycles. The Morgan fingerprint density at radius 3 is 2.37 bits per heavy atom. The van der Waals surface area contributed by atoms with Gasteiger partial charge in [-0.1, -0.05) is 36.4 Å². The summed E-state index contributed by atoms with van der Waals surface area (Å²) in [6.07, 6.45) is 3.63. The molecule has 3 rings (SSSR count). The Labute approximate surface area is 158 Å². The summed E-state index contributed by atoms with van der Waals surface area (Å²) in [6.45, 7) is 2.12. The van der Waals surface area contributed by atoms with Gasteiger partial charge in [-0.25, -0.2) is 4.79 Å². The smallest absolute Gasteiger partial charge is 0.335 e. The summed E-state index contributed by atoms with van der Waals surface area (Å²) in [4.78, 5) is 17.5. The molecule has 0 atom stereocenters. The van der Waals surface area contributed by atoms with Crippen LogP contribution in [0.2, 0.25) is 0 Å². The molecule has 0 amide bonds. The van der Waals surface area contributed by atoms with Crippen LogP contribution in [0.4, 0.5) is 0 Å². The second kappa shape index (κ2) is 8.96. The third-order valence-electron chi connectivity index (χ3n) is 4.32. The first kappa shape index (κ1) is 18.6. The van der Waals surface area contributed by atoms with Gasteiger partial charge in [0.15, 0.2) is 0 Å². The highest BCUT2D eigenvalue weighted by atomic mass is 16.5. The normalized spacial score (nSPS) is 10.7. The standard InChI is InChI=1S/C22H22N2O3/c1-27-21-7-3-2-6-20(21)16-24(15-18-5-4-12-23-13-18)14-17-8-10-19(11-9-17)22(25)26/h2-13H,14-16H2,1H3,(H,25,26). The van der Waals surface area contributed by atoms with Crippen LogP contribution >= 0.6 is 0 Å². The summed E-state index contributed by atoms with van der Waals surface area (Å²) < 4.78 is 5.48. The second-order valence-corrected chi connectivity index (χ2v) is 6.32. The average Bonchev–Trinajstić information content (AvgIpc) is 2.69. The molecule has 0 unspecified atom stereocenters. The van der Waals surface area contributed by atoms with Crippen LogP contribution in [-0.2, 0) is 19.6 Å². The number of pyridine rings is 1. The van der Waals surface area contributed by atoms with Crippen LogP contribution in [0.15, 0.2) is 73.1 Å². The molecule has 0 aliphatic heterocycles. The molecule has 5 nitrogen and oxygen atoms in total. The summed E-state index contributed by atoms with van der Waals surface area (Å²) in [5, 5.41) is 9.07. The molecule has 0 radical (unpaired) electrons. The van der Waals surface area contributed by atoms with Gasteiger partial charge >= 0.3 is 5.97 Å². The van der Waals surface area contributed by atoms with Gasteiger partial charge in [-0.2, -0.15) is 0 Å². The van der Waals surface area contributed by atoms with Crippen molar-refractivity contribution in [3.8, 4) is 5.75 Å². The Balaban J connectivity index is 1.81. The van der Waals surface area contributed by atoms with E-state index in [1.165, 1.54) is 0 Å². The summed E-state index contributed by atoms with van der Waals surface area (Å²) >= 11 is 0. The molecule has 0 saturated carbocycles. The van der Waals surface area contributed by atoms with Crippen molar-refractivity contribution in [2.24, 2.45) is 0 Å². The van der Waals surface area contributed by atoms with Gasteiger partial charge in [0.1, 0.15) is 5.75 Å². The lowest BCUT2D eigenvalue weighted by Gasteiger charge is -2.23. The van der Waals surface area contributed by atoms with E-state index in [1.807, 2.05) is 42.6 Å². The maximum absolute atomic E-state index is 11.1. The summed E-state index contributed by atoms with van der Waals surface area (Å²) in [6, 6.07) is 19.0. The molecule has 27 heavy (non-hydrogen) atoms. The van der Waals surface area contributed by atoms with E-state index in [0.29, 0.717) is 18.7 Å². The molecule has 1 N–H and O–H groups in total. The molecular formula is C22H22N2O3. The first-order chi connectivity index (χ1) is 13.2. The first-order valence-corrected chi connectivity index (χ1v) is 8.71. The van der Waals surface area contributed by atoms with Crippen LogP contribution in [0.25, 0.3) is 0 Å². The molecule has 1 heterocycles. The van der Waals surface area contributed by atoms with E-state index in [9.17, 15) is 4.79 Å². The van der Waals surface area contributed by atoms with Crippen LogP contribution in [0.3, 0.4) is 0 Å². The van der Waals surface area contributed by atoms with Crippen LogP contribution in [0.1, 0.15) is 27.0 Å². The number of benzene rings is 2. The zero-order valence-corrected chi connectivity index (χ0v) is 15.2. The zero-order valence-electron chi connectivity index (χ0n) is 15.2. The molecule has 0 spiro atoms. The first-order valence-electron chi connectivity index (χ1n) is 8.71. The highest BCUT2D eigenvalue weighted by Crippen LogP contribution is 2.21. The number of carboxylic acid groups (broad SMARTS) is 1.